The highest BCUT2D eigenvalue weighted by Gasteiger charge is 2.95. The number of nitrogens with one attached hydrogen (secondary N) is 1. The van der Waals surface area contributed by atoms with E-state index in [1.807, 2.05) is 4.90 Å². The van der Waals surface area contributed by atoms with Gasteiger partial charge in [-0.3, -0.25) is 14.4 Å². The van der Waals surface area contributed by atoms with Crippen molar-refractivity contribution >= 4 is 11.8 Å². The Balaban J connectivity index is 1.20. The standard InChI is InChI=1S/C23H18F3N3O4/c24-9-1-13(25)10(14(26)2-9)4-27-20(32)11-5-28-6-15-12-3-16(23-7-22(12,23)8-23)29(15)21(33)17(28)19(31)18(11)30/h1-2,5,12,15-16,31H,3-4,6-8H2,(H,27,32)/t12?,15-,16?,22?,23?/m0/s1. The van der Waals surface area contributed by atoms with E-state index in [-0.39, 0.29) is 23.2 Å². The molecule has 2 aromatic rings. The van der Waals surface area contributed by atoms with Gasteiger partial charge in [0.25, 0.3) is 11.8 Å². The van der Waals surface area contributed by atoms with Gasteiger partial charge in [0, 0.05) is 43.0 Å². The molecule has 2 aliphatic heterocycles. The third kappa shape index (κ3) is 2.10. The Morgan fingerprint density at radius 1 is 1.15 bits per heavy atom. The highest BCUT2D eigenvalue weighted by atomic mass is 19.1. The van der Waals surface area contributed by atoms with Crippen LogP contribution in [-0.2, 0) is 13.1 Å². The van der Waals surface area contributed by atoms with Crippen molar-refractivity contribution in [3.8, 4) is 5.75 Å². The molecule has 1 aromatic carbocycles. The van der Waals surface area contributed by atoms with Gasteiger partial charge in [-0.2, -0.15) is 0 Å². The molecule has 5 aliphatic rings. The lowest BCUT2D eigenvalue weighted by atomic mass is 9.87. The molecule has 3 aliphatic carbocycles. The van der Waals surface area contributed by atoms with E-state index in [0.29, 0.717) is 30.0 Å². The zero-order valence-electron chi connectivity index (χ0n) is 17.2. The topological polar surface area (TPSA) is 91.6 Å². The normalized spacial score (nSPS) is 33.8. The Labute approximate surface area is 184 Å². The van der Waals surface area contributed by atoms with Crippen molar-refractivity contribution in [2.75, 3.05) is 0 Å². The predicted molar refractivity (Wildman–Crippen MR) is 106 cm³/mol. The SMILES string of the molecule is O=C(NCc1c(F)cc(F)cc1F)c1cn2c(c(O)c1=O)C(=O)N1C3CC([C@@H]1C2)C12CC31C2. The van der Waals surface area contributed by atoms with Gasteiger partial charge in [-0.15, -0.1) is 0 Å². The molecule has 2 amide bonds. The quantitative estimate of drug-likeness (QED) is 0.737. The second-order valence-electron chi connectivity index (χ2n) is 10.1. The summed E-state index contributed by atoms with van der Waals surface area (Å²) >= 11 is 0. The highest BCUT2D eigenvalue weighted by Crippen LogP contribution is 2.97. The van der Waals surface area contributed by atoms with Gasteiger partial charge in [0.2, 0.25) is 5.43 Å². The van der Waals surface area contributed by atoms with Crippen LogP contribution >= 0.6 is 0 Å². The Morgan fingerprint density at radius 3 is 2.55 bits per heavy atom. The van der Waals surface area contributed by atoms with Crippen LogP contribution < -0.4 is 10.7 Å². The lowest BCUT2D eigenvalue weighted by Gasteiger charge is -2.40. The molecule has 7 rings (SSSR count). The molecule has 2 N–H and O–H groups in total. The number of aromatic nitrogens is 1. The third-order valence-corrected chi connectivity index (χ3v) is 8.84. The largest absolute Gasteiger partial charge is 0.503 e. The van der Waals surface area contributed by atoms with Gasteiger partial charge < -0.3 is 19.9 Å². The number of rotatable bonds is 3. The molecule has 2 unspecified atom stereocenters. The maximum absolute atomic E-state index is 13.9. The smallest absolute Gasteiger partial charge is 0.275 e. The summed E-state index contributed by atoms with van der Waals surface area (Å²) in [7, 11) is 0. The van der Waals surface area contributed by atoms with E-state index in [4.69, 9.17) is 0 Å². The van der Waals surface area contributed by atoms with Crippen LogP contribution in [-0.4, -0.2) is 38.5 Å². The van der Waals surface area contributed by atoms with Gasteiger partial charge in [-0.25, -0.2) is 13.2 Å². The van der Waals surface area contributed by atoms with E-state index in [0.717, 1.165) is 19.3 Å². The first kappa shape index (κ1) is 19.2. The van der Waals surface area contributed by atoms with Crippen molar-refractivity contribution in [3.63, 3.8) is 0 Å². The van der Waals surface area contributed by atoms with E-state index in [9.17, 15) is 32.7 Å². The number of amides is 2. The number of hydrogen-bond acceptors (Lipinski definition) is 4. The van der Waals surface area contributed by atoms with Gasteiger partial charge in [-0.05, 0) is 36.0 Å². The first-order chi connectivity index (χ1) is 15.7. The second-order valence-corrected chi connectivity index (χ2v) is 10.1. The van der Waals surface area contributed by atoms with Crippen molar-refractivity contribution in [1.29, 1.82) is 0 Å². The number of halogens is 3. The van der Waals surface area contributed by atoms with E-state index in [2.05, 4.69) is 5.32 Å². The minimum atomic E-state index is -1.17. The van der Waals surface area contributed by atoms with Crippen LogP contribution in [0.4, 0.5) is 13.2 Å². The first-order valence-electron chi connectivity index (χ1n) is 10.9. The maximum Gasteiger partial charge on any atom is 0.275 e. The minimum absolute atomic E-state index is 0.0339. The molecule has 3 heterocycles. The summed E-state index contributed by atoms with van der Waals surface area (Å²) in [5, 5.41) is 12.8. The van der Waals surface area contributed by atoms with Crippen LogP contribution in [0.15, 0.2) is 23.1 Å². The van der Waals surface area contributed by atoms with Crippen LogP contribution in [0.3, 0.4) is 0 Å². The first-order valence-corrected chi connectivity index (χ1v) is 10.9. The number of fused-ring (bicyclic) bond motifs is 6. The third-order valence-electron chi connectivity index (χ3n) is 8.84. The number of nitrogens with zero attached hydrogens (tertiary/aromatic N) is 2. The van der Waals surface area contributed by atoms with Crippen LogP contribution in [0.5, 0.6) is 5.75 Å². The number of aromatic hydroxyl groups is 1. The van der Waals surface area contributed by atoms with E-state index < -0.39 is 58.1 Å². The summed E-state index contributed by atoms with van der Waals surface area (Å²) in [5.41, 5.74) is -1.53. The lowest BCUT2D eigenvalue weighted by molar-refractivity contribution is 0.0462. The van der Waals surface area contributed by atoms with Crippen molar-refractivity contribution in [2.45, 2.75) is 44.4 Å². The van der Waals surface area contributed by atoms with E-state index >= 15 is 0 Å². The number of benzene rings is 1. The van der Waals surface area contributed by atoms with E-state index in [1.165, 1.54) is 10.8 Å². The molecule has 3 saturated carbocycles. The van der Waals surface area contributed by atoms with Crippen LogP contribution in [0.25, 0.3) is 0 Å². The summed E-state index contributed by atoms with van der Waals surface area (Å²) in [6.07, 6.45) is 4.45. The zero-order chi connectivity index (χ0) is 23.0. The molecular weight excluding hydrogens is 439 g/mol. The zero-order valence-corrected chi connectivity index (χ0v) is 17.2. The number of carbonyl (C=O) groups is 2. The van der Waals surface area contributed by atoms with Crippen molar-refractivity contribution < 1.29 is 27.9 Å². The van der Waals surface area contributed by atoms with Crippen LogP contribution in [0, 0.1) is 34.2 Å². The number of piperidine rings is 1. The average molecular weight is 457 g/mol. The lowest BCUT2D eigenvalue weighted by Crippen LogP contribution is -2.53. The molecule has 1 aromatic heterocycles. The van der Waals surface area contributed by atoms with Crippen molar-refractivity contribution in [2.24, 2.45) is 16.7 Å². The monoisotopic (exact) mass is 457 g/mol. The molecular formula is C23H18F3N3O4. The van der Waals surface area contributed by atoms with Gasteiger partial charge in [0.05, 0.1) is 6.04 Å². The van der Waals surface area contributed by atoms with Crippen molar-refractivity contribution in [3.05, 3.63) is 62.8 Å². The maximum atomic E-state index is 13.9. The van der Waals surface area contributed by atoms with Gasteiger partial charge in [0.1, 0.15) is 23.0 Å². The summed E-state index contributed by atoms with van der Waals surface area (Å²) in [5.74, 6) is -5.19. The molecule has 0 spiro atoms. The number of pyridine rings is 1. The van der Waals surface area contributed by atoms with Crippen molar-refractivity contribution in [1.82, 2.24) is 14.8 Å². The predicted octanol–water partition coefficient (Wildman–Crippen LogP) is 1.91. The van der Waals surface area contributed by atoms with E-state index in [1.54, 1.807) is 0 Å². The van der Waals surface area contributed by atoms with Gasteiger partial charge >= 0.3 is 0 Å². The average Bonchev–Trinajstić information content (AvgIpc) is 3.49. The summed E-state index contributed by atoms with van der Waals surface area (Å²) in [6, 6.07) is 1.11. The number of hydrogen-bond donors (Lipinski definition) is 2. The molecule has 33 heavy (non-hydrogen) atoms. The summed E-state index contributed by atoms with van der Waals surface area (Å²) in [6.45, 7) is -0.252. The summed E-state index contributed by atoms with van der Waals surface area (Å²) < 4.78 is 42.3. The molecule has 10 heteroatoms. The fourth-order valence-corrected chi connectivity index (χ4v) is 7.22. The summed E-state index contributed by atoms with van der Waals surface area (Å²) in [4.78, 5) is 40.5. The Hall–Kier alpha value is -3.30. The molecule has 1 saturated heterocycles. The molecule has 0 radical (unpaired) electrons. The molecule has 4 fully saturated rings. The molecule has 3 atom stereocenters. The Bertz CT molecular complexity index is 1360. The van der Waals surface area contributed by atoms with Gasteiger partial charge in [0.15, 0.2) is 11.4 Å². The van der Waals surface area contributed by atoms with Crippen LogP contribution in [0.1, 0.15) is 45.7 Å². The Kier molecular flexibility index (Phi) is 3.26. The fourth-order valence-electron chi connectivity index (χ4n) is 7.22. The molecule has 7 nitrogen and oxygen atoms in total. The highest BCUT2D eigenvalue weighted by molar-refractivity contribution is 5.99. The second kappa shape index (κ2) is 5.60. The molecule has 2 bridgehead atoms. The fraction of sp³-hybridized carbons (Fsp3) is 0.435. The Morgan fingerprint density at radius 2 is 1.85 bits per heavy atom. The molecule has 170 valence electrons. The van der Waals surface area contributed by atoms with Crippen LogP contribution in [0.2, 0.25) is 0 Å². The van der Waals surface area contributed by atoms with Gasteiger partial charge in [-0.1, -0.05) is 0 Å². The number of carbonyl (C=O) groups excluding carboxylic acids is 2. The minimum Gasteiger partial charge on any atom is -0.503 e.